The van der Waals surface area contributed by atoms with E-state index < -0.39 is 0 Å². The van der Waals surface area contributed by atoms with Crippen molar-refractivity contribution in [3.05, 3.63) is 56.1 Å². The Morgan fingerprint density at radius 1 is 1.30 bits per heavy atom. The van der Waals surface area contributed by atoms with Crippen molar-refractivity contribution in [1.82, 2.24) is 5.32 Å². The molecule has 0 radical (unpaired) electrons. The molecule has 2 aromatic rings. The maximum atomic E-state index is 12.0. The van der Waals surface area contributed by atoms with E-state index in [0.29, 0.717) is 21.8 Å². The highest BCUT2D eigenvalue weighted by molar-refractivity contribution is 14.1. The second-order valence-electron chi connectivity index (χ2n) is 4.20. The summed E-state index contributed by atoms with van der Waals surface area (Å²) in [7, 11) is 0. The van der Waals surface area contributed by atoms with Crippen LogP contribution in [0.4, 0.5) is 5.69 Å². The zero-order valence-corrected chi connectivity index (χ0v) is 13.3. The maximum Gasteiger partial charge on any atom is 0.251 e. The van der Waals surface area contributed by atoms with Crippen molar-refractivity contribution in [2.24, 2.45) is 0 Å². The second kappa shape index (κ2) is 6.32. The third kappa shape index (κ3) is 3.55. The fraction of sp³-hybridized carbons (Fsp3) is 0.0714. The summed E-state index contributed by atoms with van der Waals surface area (Å²) in [6.45, 7) is 0.194. The monoisotopic (exact) mass is 402 g/mol. The van der Waals surface area contributed by atoms with Crippen molar-refractivity contribution in [3.8, 4) is 5.75 Å². The molecule has 20 heavy (non-hydrogen) atoms. The summed E-state index contributed by atoms with van der Waals surface area (Å²) in [5.74, 6) is -0.162. The molecule has 0 aromatic heterocycles. The predicted octanol–water partition coefficient (Wildman–Crippen LogP) is 3.16. The van der Waals surface area contributed by atoms with E-state index in [4.69, 9.17) is 17.3 Å². The molecule has 2 rings (SSSR count). The van der Waals surface area contributed by atoms with Crippen LogP contribution in [0, 0.1) is 3.57 Å². The number of hydrogen-bond donors (Lipinski definition) is 3. The van der Waals surface area contributed by atoms with Gasteiger partial charge in [0.05, 0.1) is 5.02 Å². The zero-order chi connectivity index (χ0) is 14.7. The van der Waals surface area contributed by atoms with Gasteiger partial charge in [-0.1, -0.05) is 11.6 Å². The summed E-state index contributed by atoms with van der Waals surface area (Å²) < 4.78 is 0.884. The van der Waals surface area contributed by atoms with Gasteiger partial charge in [0.2, 0.25) is 0 Å². The predicted molar refractivity (Wildman–Crippen MR) is 87.9 cm³/mol. The van der Waals surface area contributed by atoms with E-state index >= 15 is 0 Å². The Morgan fingerprint density at radius 2 is 2.05 bits per heavy atom. The van der Waals surface area contributed by atoms with Gasteiger partial charge in [-0.05, 0) is 59.0 Å². The number of rotatable bonds is 3. The molecule has 0 saturated heterocycles. The Labute approximate surface area is 135 Å². The molecule has 4 N–H and O–H groups in total. The molecule has 0 saturated carbocycles. The lowest BCUT2D eigenvalue weighted by Gasteiger charge is -2.08. The molecular formula is C14H12ClIN2O2. The number of amides is 1. The van der Waals surface area contributed by atoms with Crippen LogP contribution in [-0.4, -0.2) is 11.0 Å². The first-order valence-corrected chi connectivity index (χ1v) is 7.23. The summed E-state index contributed by atoms with van der Waals surface area (Å²) in [5, 5.41) is 12.9. The number of carbonyl (C=O) groups is 1. The third-order valence-corrected chi connectivity index (χ3v) is 4.30. The fourth-order valence-electron chi connectivity index (χ4n) is 1.66. The van der Waals surface area contributed by atoms with Crippen LogP contribution in [0.1, 0.15) is 15.9 Å². The average Bonchev–Trinajstić information content (AvgIpc) is 2.42. The molecule has 0 aliphatic heterocycles. The molecule has 0 bridgehead atoms. The molecule has 0 aliphatic rings. The van der Waals surface area contributed by atoms with E-state index in [0.717, 1.165) is 3.57 Å². The van der Waals surface area contributed by atoms with Crippen LogP contribution in [-0.2, 0) is 6.54 Å². The van der Waals surface area contributed by atoms with Gasteiger partial charge in [0, 0.05) is 26.9 Å². The number of phenols is 1. The molecule has 0 aliphatic carbocycles. The summed E-state index contributed by atoms with van der Waals surface area (Å²) >= 11 is 8.07. The molecule has 1 amide bonds. The quantitative estimate of drug-likeness (QED) is 0.419. The minimum Gasteiger partial charge on any atom is -0.508 e. The van der Waals surface area contributed by atoms with E-state index in [9.17, 15) is 9.90 Å². The van der Waals surface area contributed by atoms with Gasteiger partial charge in [0.15, 0.2) is 0 Å². The molecule has 0 fully saturated rings. The molecule has 0 heterocycles. The molecule has 2 aromatic carbocycles. The molecule has 6 heteroatoms. The number of hydrogen-bond acceptors (Lipinski definition) is 3. The van der Waals surface area contributed by atoms with Crippen molar-refractivity contribution >= 4 is 45.8 Å². The van der Waals surface area contributed by atoms with Crippen LogP contribution in [0.5, 0.6) is 5.75 Å². The first-order valence-electron chi connectivity index (χ1n) is 5.78. The topological polar surface area (TPSA) is 75.3 Å². The van der Waals surface area contributed by atoms with Crippen LogP contribution < -0.4 is 11.1 Å². The van der Waals surface area contributed by atoms with E-state index in [1.54, 1.807) is 30.3 Å². The largest absolute Gasteiger partial charge is 0.508 e. The van der Waals surface area contributed by atoms with Gasteiger partial charge in [-0.3, -0.25) is 4.79 Å². The van der Waals surface area contributed by atoms with Crippen molar-refractivity contribution < 1.29 is 9.90 Å². The van der Waals surface area contributed by atoms with E-state index in [1.807, 2.05) is 0 Å². The number of aromatic hydroxyl groups is 1. The van der Waals surface area contributed by atoms with Crippen molar-refractivity contribution in [2.45, 2.75) is 6.54 Å². The van der Waals surface area contributed by atoms with Crippen molar-refractivity contribution in [2.75, 3.05) is 5.73 Å². The summed E-state index contributed by atoms with van der Waals surface area (Å²) in [4.78, 5) is 12.0. The smallest absolute Gasteiger partial charge is 0.251 e. The zero-order valence-electron chi connectivity index (χ0n) is 10.4. The fourth-order valence-corrected chi connectivity index (χ4v) is 2.18. The van der Waals surface area contributed by atoms with E-state index in [-0.39, 0.29) is 18.2 Å². The van der Waals surface area contributed by atoms with Crippen LogP contribution in [0.15, 0.2) is 36.4 Å². The molecule has 0 unspecified atom stereocenters. The average molecular weight is 403 g/mol. The highest BCUT2D eigenvalue weighted by Gasteiger charge is 2.09. The lowest BCUT2D eigenvalue weighted by molar-refractivity contribution is 0.0950. The van der Waals surface area contributed by atoms with Gasteiger partial charge in [-0.2, -0.15) is 0 Å². The van der Waals surface area contributed by atoms with Crippen LogP contribution in [0.25, 0.3) is 0 Å². The van der Waals surface area contributed by atoms with Crippen molar-refractivity contribution in [1.29, 1.82) is 0 Å². The van der Waals surface area contributed by atoms with E-state index in [1.165, 1.54) is 6.07 Å². The number of carbonyl (C=O) groups excluding carboxylic acids is 1. The molecule has 0 atom stereocenters. The number of nitrogen functional groups attached to an aromatic ring is 1. The SMILES string of the molecule is Nc1ccc(O)c(CNC(=O)c2ccc(I)c(Cl)c2)c1. The Hall–Kier alpha value is -1.47. The lowest BCUT2D eigenvalue weighted by atomic mass is 10.1. The van der Waals surface area contributed by atoms with Crippen LogP contribution in [0.3, 0.4) is 0 Å². The van der Waals surface area contributed by atoms with Gasteiger partial charge in [0.25, 0.3) is 5.91 Å². The first kappa shape index (κ1) is 14.9. The molecule has 104 valence electrons. The minimum absolute atomic E-state index is 0.0974. The number of nitrogens with one attached hydrogen (secondary N) is 1. The molecule has 4 nitrogen and oxygen atoms in total. The number of nitrogens with two attached hydrogens (primary N) is 1. The van der Waals surface area contributed by atoms with Gasteiger partial charge < -0.3 is 16.2 Å². The number of phenolic OH excluding ortho intramolecular Hbond substituents is 1. The summed E-state index contributed by atoms with van der Waals surface area (Å²) in [6.07, 6.45) is 0. The Kier molecular flexibility index (Phi) is 4.72. The Bertz CT molecular complexity index is 662. The lowest BCUT2D eigenvalue weighted by Crippen LogP contribution is -2.22. The van der Waals surface area contributed by atoms with Gasteiger partial charge in [0.1, 0.15) is 5.75 Å². The Morgan fingerprint density at radius 3 is 2.75 bits per heavy atom. The number of anilines is 1. The first-order chi connectivity index (χ1) is 9.47. The highest BCUT2D eigenvalue weighted by Crippen LogP contribution is 2.21. The van der Waals surface area contributed by atoms with Crippen molar-refractivity contribution in [3.63, 3.8) is 0 Å². The summed E-state index contributed by atoms with van der Waals surface area (Å²) in [5.41, 5.74) is 7.21. The van der Waals surface area contributed by atoms with Gasteiger partial charge >= 0.3 is 0 Å². The normalized spacial score (nSPS) is 10.3. The summed E-state index contributed by atoms with van der Waals surface area (Å²) in [6, 6.07) is 9.80. The number of halogens is 2. The standard InChI is InChI=1S/C14H12ClIN2O2/c15-11-6-8(1-3-12(11)16)14(20)18-7-9-5-10(17)2-4-13(9)19/h1-6,19H,7,17H2,(H,18,20). The molecular weight excluding hydrogens is 391 g/mol. The van der Waals surface area contributed by atoms with E-state index in [2.05, 4.69) is 27.9 Å². The maximum absolute atomic E-state index is 12.0. The van der Waals surface area contributed by atoms with Crippen LogP contribution >= 0.6 is 34.2 Å². The second-order valence-corrected chi connectivity index (χ2v) is 5.77. The third-order valence-electron chi connectivity index (χ3n) is 2.72. The van der Waals surface area contributed by atoms with Crippen LogP contribution in [0.2, 0.25) is 5.02 Å². The minimum atomic E-state index is -0.259. The highest BCUT2D eigenvalue weighted by atomic mass is 127. The molecule has 0 spiro atoms. The number of benzene rings is 2. The Balaban J connectivity index is 2.08. The van der Waals surface area contributed by atoms with Gasteiger partial charge in [-0.25, -0.2) is 0 Å². The van der Waals surface area contributed by atoms with Gasteiger partial charge in [-0.15, -0.1) is 0 Å².